The van der Waals surface area contributed by atoms with E-state index >= 15 is 0 Å². The van der Waals surface area contributed by atoms with Crippen molar-refractivity contribution in [3.8, 4) is 11.3 Å². The van der Waals surface area contributed by atoms with Gasteiger partial charge in [0.15, 0.2) is 0 Å². The quantitative estimate of drug-likeness (QED) is 0.140. The highest BCUT2D eigenvalue weighted by molar-refractivity contribution is 6.23. The summed E-state index contributed by atoms with van der Waals surface area (Å²) in [5.74, 6) is 3.95. The zero-order valence-corrected chi connectivity index (χ0v) is 39.5. The number of fused-ring (bicyclic) bond motifs is 10. The maximum Gasteiger partial charge on any atom is 0.266 e. The summed E-state index contributed by atoms with van der Waals surface area (Å²) in [6, 6.07) is 34.1. The second-order valence-corrected chi connectivity index (χ2v) is 20.4. The summed E-state index contributed by atoms with van der Waals surface area (Å²) in [5.41, 5.74) is 9.55. The Morgan fingerprint density at radius 2 is 1.20 bits per heavy atom. The van der Waals surface area contributed by atoms with E-state index in [1.165, 1.54) is 37.7 Å². The Balaban J connectivity index is 0.760. The molecule has 5 atom stereocenters. The summed E-state index contributed by atoms with van der Waals surface area (Å²) < 4.78 is 4.52. The predicted molar refractivity (Wildman–Crippen MR) is 273 cm³/mol. The summed E-state index contributed by atoms with van der Waals surface area (Å²) >= 11 is 0. The molecular weight excluding hydrogens is 859 g/mol. The largest absolute Gasteiger partial charge is 0.341 e. The van der Waals surface area contributed by atoms with E-state index in [2.05, 4.69) is 96.7 Å². The SMILES string of the molecule is CN1C(=O)c2c(cn(Cc3ccc(-c4ccc(C5CCCC6C5N=C5N(C)C(=O)c7c(cn(CC8CCCCC8)c7Nc7ccccc7)N56)cn4)cc3)c2Nc2ccccc2)N2C1=NC1CCCC12. The van der Waals surface area contributed by atoms with E-state index in [4.69, 9.17) is 15.0 Å². The minimum atomic E-state index is -0.0380. The maximum absolute atomic E-state index is 14.5. The molecule has 0 radical (unpaired) electrons. The highest BCUT2D eigenvalue weighted by Gasteiger charge is 2.51. The lowest BCUT2D eigenvalue weighted by molar-refractivity contribution is 0.0858. The highest BCUT2D eigenvalue weighted by atomic mass is 16.2. The molecule has 13 heteroatoms. The Labute approximate surface area is 403 Å². The monoisotopic (exact) mass is 917 g/mol. The molecule has 3 aromatic carbocycles. The number of pyridine rings is 1. The first-order valence-corrected chi connectivity index (χ1v) is 25.3. The number of benzene rings is 3. The molecule has 0 spiro atoms. The van der Waals surface area contributed by atoms with Crippen LogP contribution in [0.4, 0.5) is 34.4 Å². The minimum Gasteiger partial charge on any atom is -0.341 e. The number of nitrogens with one attached hydrogen (secondary N) is 2. The number of hydrogen-bond acceptors (Lipinski definition) is 9. The zero-order valence-electron chi connectivity index (χ0n) is 39.5. The van der Waals surface area contributed by atoms with Crippen molar-refractivity contribution in [2.24, 2.45) is 15.9 Å². The van der Waals surface area contributed by atoms with E-state index in [0.29, 0.717) is 18.0 Å². The third-order valence-electron chi connectivity index (χ3n) is 16.2. The van der Waals surface area contributed by atoms with Crippen LogP contribution >= 0.6 is 0 Å². The second-order valence-electron chi connectivity index (χ2n) is 20.4. The van der Waals surface area contributed by atoms with Gasteiger partial charge < -0.3 is 29.6 Å². The van der Waals surface area contributed by atoms with Crippen molar-refractivity contribution in [1.82, 2.24) is 23.9 Å². The van der Waals surface area contributed by atoms with Gasteiger partial charge in [-0.25, -0.2) is 9.98 Å². The third-order valence-corrected chi connectivity index (χ3v) is 16.2. The average Bonchev–Trinajstić information content (AvgIpc) is 4.22. The van der Waals surface area contributed by atoms with E-state index in [-0.39, 0.29) is 41.9 Å². The number of anilines is 6. The fourth-order valence-electron chi connectivity index (χ4n) is 12.8. The molecule has 0 saturated heterocycles. The first-order chi connectivity index (χ1) is 33.9. The van der Waals surface area contributed by atoms with Crippen molar-refractivity contribution in [3.05, 3.63) is 138 Å². The van der Waals surface area contributed by atoms with Crippen LogP contribution < -0.4 is 20.4 Å². The lowest BCUT2D eigenvalue weighted by Gasteiger charge is -2.39. The van der Waals surface area contributed by atoms with Gasteiger partial charge in [-0.05, 0) is 92.3 Å². The number of aromatic nitrogens is 3. The lowest BCUT2D eigenvalue weighted by Crippen LogP contribution is -2.52. The van der Waals surface area contributed by atoms with Gasteiger partial charge in [0.1, 0.15) is 22.8 Å². The van der Waals surface area contributed by atoms with Crippen molar-refractivity contribution in [2.75, 3.05) is 34.5 Å². The summed E-state index contributed by atoms with van der Waals surface area (Å²) in [7, 11) is 3.75. The minimum absolute atomic E-state index is 0.00867. The second kappa shape index (κ2) is 16.8. The molecule has 5 unspecified atom stereocenters. The van der Waals surface area contributed by atoms with Crippen LogP contribution in [0.25, 0.3) is 11.3 Å². The molecule has 3 saturated carbocycles. The number of amides is 2. The Kier molecular flexibility index (Phi) is 10.2. The van der Waals surface area contributed by atoms with Gasteiger partial charge in [-0.15, -0.1) is 0 Å². The molecule has 7 aliphatic rings. The molecule has 4 aliphatic heterocycles. The molecule has 3 fully saturated rings. The maximum atomic E-state index is 14.5. The number of nitrogens with zero attached hydrogens (tertiary/aromatic N) is 9. The molecule has 13 rings (SSSR count). The van der Waals surface area contributed by atoms with Gasteiger partial charge in [-0.3, -0.25) is 24.4 Å². The first kappa shape index (κ1) is 42.0. The third kappa shape index (κ3) is 7.05. The number of para-hydroxylation sites is 2. The Morgan fingerprint density at radius 1 is 0.594 bits per heavy atom. The summed E-state index contributed by atoms with van der Waals surface area (Å²) in [5, 5.41) is 7.32. The smallest absolute Gasteiger partial charge is 0.266 e. The molecule has 2 N–H and O–H groups in total. The van der Waals surface area contributed by atoms with Crippen molar-refractivity contribution in [2.45, 2.75) is 114 Å². The van der Waals surface area contributed by atoms with E-state index in [1.54, 1.807) is 9.80 Å². The summed E-state index contributed by atoms with van der Waals surface area (Å²) in [4.78, 5) is 52.4. The molecule has 7 heterocycles. The number of guanidine groups is 2. The molecular formula is C56H59N11O2. The van der Waals surface area contributed by atoms with Crippen LogP contribution in [0.3, 0.4) is 0 Å². The van der Waals surface area contributed by atoms with Gasteiger partial charge >= 0.3 is 0 Å². The fraction of sp³-hybridized carbons (Fsp3) is 0.375. The Bertz CT molecular complexity index is 3010. The van der Waals surface area contributed by atoms with Gasteiger partial charge in [0.05, 0.1) is 41.2 Å². The van der Waals surface area contributed by atoms with Gasteiger partial charge in [-0.2, -0.15) is 0 Å². The molecule has 350 valence electrons. The van der Waals surface area contributed by atoms with E-state index in [1.807, 2.05) is 62.6 Å². The topological polar surface area (TPSA) is 119 Å². The number of carbonyl (C=O) groups is 2. The molecule has 69 heavy (non-hydrogen) atoms. The number of carbonyl (C=O) groups excluding carboxylic acids is 2. The normalized spacial score (nSPS) is 23.8. The van der Waals surface area contributed by atoms with Gasteiger partial charge in [0.2, 0.25) is 11.9 Å². The summed E-state index contributed by atoms with van der Waals surface area (Å²) in [6.45, 7) is 1.48. The standard InChI is InChI=1S/C56H59N11O2/c1-62-53(68)48-46(66-44-22-13-21-43(44)60-55(62)66)33-65(51(48)58-39-16-8-4-9-17-39)32-36-24-26-37(27-25-36)42-29-28-38(30-57-42)41-20-12-23-45-50(41)61-56-63(2)54(69)49-47(67(45)56)34-64(31-35-14-6-3-7-15-35)52(49)59-40-18-10-5-11-19-40/h4-5,8-11,16-19,24-30,33-35,41,43-45,50,58-59H,3,6-7,12-15,20-23,31-32H2,1-2H3. The highest BCUT2D eigenvalue weighted by Crippen LogP contribution is 2.49. The van der Waals surface area contributed by atoms with Crippen LogP contribution in [-0.4, -0.2) is 85.9 Å². The Morgan fingerprint density at radius 3 is 1.87 bits per heavy atom. The van der Waals surface area contributed by atoms with E-state index < -0.39 is 0 Å². The summed E-state index contributed by atoms with van der Waals surface area (Å²) in [6.07, 6.45) is 19.2. The van der Waals surface area contributed by atoms with Crippen LogP contribution in [0.1, 0.15) is 108 Å². The van der Waals surface area contributed by atoms with Crippen LogP contribution in [0, 0.1) is 5.92 Å². The predicted octanol–water partition coefficient (Wildman–Crippen LogP) is 10.6. The lowest BCUT2D eigenvalue weighted by atomic mass is 9.77. The van der Waals surface area contributed by atoms with Gasteiger partial charge in [0, 0.05) is 68.6 Å². The van der Waals surface area contributed by atoms with Crippen LogP contribution in [0.2, 0.25) is 0 Å². The number of rotatable bonds is 10. The molecule has 13 nitrogen and oxygen atoms in total. The van der Waals surface area contributed by atoms with Crippen molar-refractivity contribution in [3.63, 3.8) is 0 Å². The van der Waals surface area contributed by atoms with Gasteiger partial charge in [-0.1, -0.05) is 92.4 Å². The van der Waals surface area contributed by atoms with Crippen LogP contribution in [0.5, 0.6) is 0 Å². The Hall–Kier alpha value is -7.15. The van der Waals surface area contributed by atoms with Crippen LogP contribution in [0.15, 0.2) is 126 Å². The van der Waals surface area contributed by atoms with Crippen molar-refractivity contribution in [1.29, 1.82) is 0 Å². The van der Waals surface area contributed by atoms with Crippen molar-refractivity contribution >= 4 is 58.1 Å². The van der Waals surface area contributed by atoms with Crippen LogP contribution in [-0.2, 0) is 13.1 Å². The van der Waals surface area contributed by atoms with Gasteiger partial charge in [0.25, 0.3) is 11.8 Å². The molecule has 0 bridgehead atoms. The first-order valence-electron chi connectivity index (χ1n) is 25.3. The van der Waals surface area contributed by atoms with E-state index in [0.717, 1.165) is 114 Å². The average molecular weight is 918 g/mol. The molecule has 3 aromatic heterocycles. The molecule has 2 amide bonds. The van der Waals surface area contributed by atoms with Crippen molar-refractivity contribution < 1.29 is 9.59 Å². The number of aliphatic imine (C=N–C) groups is 2. The fourth-order valence-corrected chi connectivity index (χ4v) is 12.8. The zero-order chi connectivity index (χ0) is 46.3. The number of hydrogen-bond donors (Lipinski definition) is 2. The molecule has 3 aliphatic carbocycles. The van der Waals surface area contributed by atoms with E-state index in [9.17, 15) is 9.59 Å². The molecule has 6 aromatic rings.